The summed E-state index contributed by atoms with van der Waals surface area (Å²) in [6, 6.07) is 14.2. The van der Waals surface area contributed by atoms with Crippen molar-refractivity contribution in [3.8, 4) is 0 Å². The number of nitrogens with zero attached hydrogens (tertiary/aromatic N) is 4. The van der Waals surface area contributed by atoms with Gasteiger partial charge in [0.15, 0.2) is 0 Å². The molecule has 1 fully saturated rings. The lowest BCUT2D eigenvalue weighted by molar-refractivity contribution is -0.134. The summed E-state index contributed by atoms with van der Waals surface area (Å²) in [5.41, 5.74) is 1.42. The summed E-state index contributed by atoms with van der Waals surface area (Å²) in [5, 5.41) is 5.92. The number of hydrogen-bond acceptors (Lipinski definition) is 3. The van der Waals surface area contributed by atoms with Gasteiger partial charge in [0, 0.05) is 34.9 Å². The molecule has 2 aromatic heterocycles. The summed E-state index contributed by atoms with van der Waals surface area (Å²) in [6.07, 6.45) is 2.75. The van der Waals surface area contributed by atoms with Crippen molar-refractivity contribution >= 4 is 27.7 Å². The molecule has 0 bridgehead atoms. The van der Waals surface area contributed by atoms with Crippen molar-refractivity contribution in [2.24, 2.45) is 11.8 Å². The van der Waals surface area contributed by atoms with E-state index in [4.69, 9.17) is 0 Å². The van der Waals surface area contributed by atoms with Crippen molar-refractivity contribution in [2.75, 3.05) is 13.1 Å². The maximum atomic E-state index is 14.4. The van der Waals surface area contributed by atoms with Crippen LogP contribution in [-0.4, -0.2) is 38.2 Å². The number of halogens is 1. The van der Waals surface area contributed by atoms with Crippen molar-refractivity contribution in [3.63, 3.8) is 0 Å². The summed E-state index contributed by atoms with van der Waals surface area (Å²) in [5.74, 6) is 0.460. The molecule has 33 heavy (non-hydrogen) atoms. The number of carbonyl (C=O) groups is 1. The first-order valence-corrected chi connectivity index (χ1v) is 11.4. The van der Waals surface area contributed by atoms with Crippen LogP contribution in [0.3, 0.4) is 0 Å². The highest BCUT2D eigenvalue weighted by Crippen LogP contribution is 2.27. The molecule has 170 valence electrons. The normalized spacial score (nSPS) is 18.8. The Hall–Kier alpha value is -3.48. The minimum absolute atomic E-state index is 0.0980. The van der Waals surface area contributed by atoms with Gasteiger partial charge in [-0.05, 0) is 30.4 Å². The second-order valence-corrected chi connectivity index (χ2v) is 9.31. The number of rotatable bonds is 4. The van der Waals surface area contributed by atoms with Gasteiger partial charge in [0.2, 0.25) is 5.91 Å². The molecular weight excluding hydrogens is 419 g/mol. The van der Waals surface area contributed by atoms with E-state index >= 15 is 0 Å². The van der Waals surface area contributed by atoms with Gasteiger partial charge in [-0.2, -0.15) is 5.10 Å². The molecule has 0 radical (unpaired) electrons. The average Bonchev–Trinajstić information content (AvgIpc) is 3.11. The molecule has 0 spiro atoms. The van der Waals surface area contributed by atoms with Gasteiger partial charge in [-0.1, -0.05) is 50.2 Å². The number of likely N-dealkylation sites (tertiary alicyclic amines) is 1. The third-order valence-electron chi connectivity index (χ3n) is 6.57. The third-order valence-corrected chi connectivity index (χ3v) is 6.57. The minimum atomic E-state index is -0.341. The Kier molecular flexibility index (Phi) is 5.48. The van der Waals surface area contributed by atoms with Crippen molar-refractivity contribution in [1.29, 1.82) is 0 Å². The molecule has 1 amide bonds. The van der Waals surface area contributed by atoms with Crippen LogP contribution in [0.2, 0.25) is 0 Å². The number of amides is 1. The number of hydrogen-bond donors (Lipinski definition) is 0. The summed E-state index contributed by atoms with van der Waals surface area (Å²) in [4.78, 5) is 28.4. The predicted octanol–water partition coefficient (Wildman–Crippen LogP) is 4.04. The van der Waals surface area contributed by atoms with E-state index in [-0.39, 0.29) is 30.4 Å². The molecule has 1 aliphatic rings. The minimum Gasteiger partial charge on any atom is -0.341 e. The zero-order valence-electron chi connectivity index (χ0n) is 18.9. The second-order valence-electron chi connectivity index (χ2n) is 9.31. The number of carbonyl (C=O) groups excluding carboxylic acids is 1. The van der Waals surface area contributed by atoms with Gasteiger partial charge in [0.25, 0.3) is 5.56 Å². The zero-order valence-corrected chi connectivity index (χ0v) is 18.9. The van der Waals surface area contributed by atoms with Crippen molar-refractivity contribution in [1.82, 2.24) is 19.2 Å². The fourth-order valence-corrected chi connectivity index (χ4v) is 5.16. The molecule has 1 aliphatic heterocycles. The van der Waals surface area contributed by atoms with E-state index in [0.29, 0.717) is 41.4 Å². The van der Waals surface area contributed by atoms with Crippen LogP contribution in [0.4, 0.5) is 4.39 Å². The van der Waals surface area contributed by atoms with Crippen molar-refractivity contribution in [3.05, 3.63) is 76.5 Å². The van der Waals surface area contributed by atoms with Gasteiger partial charge in [-0.25, -0.2) is 9.07 Å². The van der Waals surface area contributed by atoms with Gasteiger partial charge < -0.3 is 9.47 Å². The van der Waals surface area contributed by atoms with Gasteiger partial charge in [-0.15, -0.1) is 0 Å². The first kappa shape index (κ1) is 21.4. The van der Waals surface area contributed by atoms with Crippen LogP contribution in [-0.2, 0) is 17.9 Å². The smallest absolute Gasteiger partial charge is 0.291 e. The van der Waals surface area contributed by atoms with Crippen molar-refractivity contribution < 1.29 is 9.18 Å². The first-order valence-electron chi connectivity index (χ1n) is 11.4. The highest BCUT2D eigenvalue weighted by molar-refractivity contribution is 6.07. The van der Waals surface area contributed by atoms with Crippen LogP contribution >= 0.6 is 0 Å². The standard InChI is InChI=1S/C26H27FN4O2/c1-17-11-18(2)14-29(13-17)24(32)16-31-26(33)25-21(12-28-31)20-8-4-6-10-23(20)30(25)15-19-7-3-5-9-22(19)27/h3-10,12,17-18H,11,13-16H2,1-2H3/t17-,18-/m1/s1. The molecular formula is C26H27FN4O2. The maximum absolute atomic E-state index is 14.4. The number of fused-ring (bicyclic) bond motifs is 3. The zero-order chi connectivity index (χ0) is 23.1. The molecule has 7 heteroatoms. The fourth-order valence-electron chi connectivity index (χ4n) is 5.16. The molecule has 4 aromatic rings. The summed E-state index contributed by atoms with van der Waals surface area (Å²) in [6.45, 7) is 5.81. The van der Waals surface area contributed by atoms with Crippen LogP contribution in [0.25, 0.3) is 21.8 Å². The number of para-hydroxylation sites is 1. The molecule has 3 heterocycles. The van der Waals surface area contributed by atoms with E-state index in [1.165, 1.54) is 10.7 Å². The van der Waals surface area contributed by atoms with E-state index in [9.17, 15) is 14.0 Å². The summed E-state index contributed by atoms with van der Waals surface area (Å²) >= 11 is 0. The molecule has 6 nitrogen and oxygen atoms in total. The van der Waals surface area contributed by atoms with Gasteiger partial charge in [-0.3, -0.25) is 9.59 Å². The number of piperidine rings is 1. The Bertz CT molecular complexity index is 1400. The van der Waals surface area contributed by atoms with E-state index in [1.807, 2.05) is 33.7 Å². The molecule has 0 N–H and O–H groups in total. The topological polar surface area (TPSA) is 60.1 Å². The fraction of sp³-hybridized carbons (Fsp3) is 0.346. The third kappa shape index (κ3) is 3.92. The Balaban J connectivity index is 1.58. The number of aromatic nitrogens is 3. The largest absolute Gasteiger partial charge is 0.341 e. The van der Waals surface area contributed by atoms with Crippen LogP contribution in [0, 0.1) is 17.7 Å². The Morgan fingerprint density at radius 1 is 1.03 bits per heavy atom. The predicted molar refractivity (Wildman–Crippen MR) is 127 cm³/mol. The highest BCUT2D eigenvalue weighted by Gasteiger charge is 2.26. The average molecular weight is 447 g/mol. The Morgan fingerprint density at radius 2 is 1.73 bits per heavy atom. The van der Waals surface area contributed by atoms with Gasteiger partial charge in [0.05, 0.1) is 12.7 Å². The van der Waals surface area contributed by atoms with Crippen molar-refractivity contribution in [2.45, 2.75) is 33.4 Å². The molecule has 2 aromatic carbocycles. The lowest BCUT2D eigenvalue weighted by Crippen LogP contribution is -2.45. The quantitative estimate of drug-likeness (QED) is 0.475. The highest BCUT2D eigenvalue weighted by atomic mass is 19.1. The van der Waals surface area contributed by atoms with Crippen LogP contribution in [0.15, 0.2) is 59.5 Å². The lowest BCUT2D eigenvalue weighted by atomic mass is 9.92. The van der Waals surface area contributed by atoms with Gasteiger partial charge in [0.1, 0.15) is 17.9 Å². The molecule has 1 saturated heterocycles. The van der Waals surface area contributed by atoms with Crippen LogP contribution in [0.1, 0.15) is 25.8 Å². The maximum Gasteiger partial charge on any atom is 0.291 e. The summed E-state index contributed by atoms with van der Waals surface area (Å²) < 4.78 is 17.5. The monoisotopic (exact) mass is 446 g/mol. The SMILES string of the molecule is C[C@@H]1C[C@@H](C)CN(C(=O)Cn2ncc3c4ccccc4n(Cc4ccccc4F)c3c2=O)C1. The van der Waals surface area contributed by atoms with Gasteiger partial charge >= 0.3 is 0 Å². The molecule has 2 atom stereocenters. The molecule has 0 unspecified atom stereocenters. The Morgan fingerprint density at radius 3 is 2.48 bits per heavy atom. The van der Waals surface area contributed by atoms with E-state index < -0.39 is 0 Å². The molecule has 0 saturated carbocycles. The van der Waals surface area contributed by atoms with E-state index in [0.717, 1.165) is 17.3 Å². The van der Waals surface area contributed by atoms with Crippen LogP contribution in [0.5, 0.6) is 0 Å². The van der Waals surface area contributed by atoms with E-state index in [2.05, 4.69) is 18.9 Å². The first-order chi connectivity index (χ1) is 15.9. The molecule has 5 rings (SSSR count). The number of benzene rings is 2. The Labute approximate surface area is 191 Å². The van der Waals surface area contributed by atoms with E-state index in [1.54, 1.807) is 24.4 Å². The summed E-state index contributed by atoms with van der Waals surface area (Å²) in [7, 11) is 0. The lowest BCUT2D eigenvalue weighted by Gasteiger charge is -2.35. The second kappa shape index (κ2) is 8.46. The molecule has 0 aliphatic carbocycles. The van der Waals surface area contributed by atoms with Crippen LogP contribution < -0.4 is 5.56 Å².